The van der Waals surface area contributed by atoms with Gasteiger partial charge in [-0.3, -0.25) is 9.59 Å². The van der Waals surface area contributed by atoms with Crippen molar-refractivity contribution < 1.29 is 19.1 Å². The van der Waals surface area contributed by atoms with E-state index in [4.69, 9.17) is 9.47 Å². The highest BCUT2D eigenvalue weighted by molar-refractivity contribution is 5.73. The second kappa shape index (κ2) is 23.8. The van der Waals surface area contributed by atoms with Crippen LogP contribution in [0.5, 0.6) is 0 Å². The van der Waals surface area contributed by atoms with Crippen molar-refractivity contribution in [3.63, 3.8) is 0 Å². The van der Waals surface area contributed by atoms with Gasteiger partial charge in [0.15, 0.2) is 0 Å². The Labute approximate surface area is 208 Å². The van der Waals surface area contributed by atoms with Gasteiger partial charge in [-0.05, 0) is 57.8 Å². The maximum absolute atomic E-state index is 12.2. The Kier molecular flexibility index (Phi) is 22.1. The lowest BCUT2D eigenvalue weighted by atomic mass is 9.99. The van der Waals surface area contributed by atoms with Crippen LogP contribution in [-0.4, -0.2) is 18.2 Å². The Morgan fingerprint density at radius 3 is 1.62 bits per heavy atom. The van der Waals surface area contributed by atoms with Crippen LogP contribution in [0, 0.1) is 5.92 Å². The average Bonchev–Trinajstić information content (AvgIpc) is 2.80. The zero-order valence-corrected chi connectivity index (χ0v) is 22.0. The van der Waals surface area contributed by atoms with E-state index >= 15 is 0 Å². The molecule has 0 spiro atoms. The van der Waals surface area contributed by atoms with Gasteiger partial charge < -0.3 is 9.47 Å². The van der Waals surface area contributed by atoms with Gasteiger partial charge in [-0.1, -0.05) is 94.4 Å². The summed E-state index contributed by atoms with van der Waals surface area (Å²) in [4.78, 5) is 24.2. The minimum atomic E-state index is -0.829. The molecule has 0 fully saturated rings. The van der Waals surface area contributed by atoms with Gasteiger partial charge in [0.25, 0.3) is 0 Å². The number of unbranched alkanes of at least 4 members (excludes halogenated alkanes) is 1. The summed E-state index contributed by atoms with van der Waals surface area (Å²) in [6.45, 7) is 7.86. The largest absolute Gasteiger partial charge is 0.425 e. The van der Waals surface area contributed by atoms with Crippen LogP contribution in [-0.2, 0) is 19.1 Å². The quantitative estimate of drug-likeness (QED) is 0.0770. The van der Waals surface area contributed by atoms with E-state index in [0.29, 0.717) is 6.42 Å². The first-order valence-corrected chi connectivity index (χ1v) is 13.2. The molecule has 0 amide bonds. The Balaban J connectivity index is 3.84. The standard InChI is InChI=1S/C30H48O4/c1-5-8-9-10-11-12-13-14-15-16-17-18-19-20-21-22-23-26-29(31)33-27(4)34-30(32)28(24-6-2)25-7-3/h8-9,11-12,14-15,17-18,20-21,27-28H,5-7,10,13,16,19,22-26H2,1-4H3/b9-8-,12-11-,15-14-,18-17-,21-20-. The molecule has 0 rings (SSSR count). The summed E-state index contributed by atoms with van der Waals surface area (Å²) in [5.41, 5.74) is 0. The van der Waals surface area contributed by atoms with Gasteiger partial charge in [-0.2, -0.15) is 0 Å². The third-order valence-electron chi connectivity index (χ3n) is 5.10. The van der Waals surface area contributed by atoms with Crippen LogP contribution in [0.3, 0.4) is 0 Å². The number of esters is 2. The second-order valence-electron chi connectivity index (χ2n) is 8.37. The molecule has 0 aromatic rings. The van der Waals surface area contributed by atoms with E-state index < -0.39 is 6.29 Å². The third-order valence-corrected chi connectivity index (χ3v) is 5.10. The number of hydrogen-bond donors (Lipinski definition) is 0. The first kappa shape index (κ1) is 31.6. The Morgan fingerprint density at radius 1 is 0.676 bits per heavy atom. The van der Waals surface area contributed by atoms with Crippen LogP contribution in [0.4, 0.5) is 0 Å². The van der Waals surface area contributed by atoms with Crippen molar-refractivity contribution in [2.24, 2.45) is 5.92 Å². The molecule has 0 aliphatic carbocycles. The second-order valence-corrected chi connectivity index (χ2v) is 8.37. The molecule has 1 atom stereocenters. The molecular weight excluding hydrogens is 424 g/mol. The molecule has 0 saturated carbocycles. The average molecular weight is 473 g/mol. The molecule has 0 saturated heterocycles. The van der Waals surface area contributed by atoms with E-state index in [1.807, 2.05) is 0 Å². The van der Waals surface area contributed by atoms with Gasteiger partial charge in [0, 0.05) is 13.3 Å². The molecule has 0 radical (unpaired) electrons. The van der Waals surface area contributed by atoms with Crippen LogP contribution in [0.15, 0.2) is 60.8 Å². The molecule has 0 aromatic heterocycles. The van der Waals surface area contributed by atoms with E-state index in [1.165, 1.54) is 0 Å². The van der Waals surface area contributed by atoms with E-state index in [9.17, 15) is 9.59 Å². The van der Waals surface area contributed by atoms with Gasteiger partial charge in [0.2, 0.25) is 6.29 Å². The summed E-state index contributed by atoms with van der Waals surface area (Å²) in [7, 11) is 0. The molecule has 0 heterocycles. The predicted octanol–water partition coefficient (Wildman–Crippen LogP) is 8.56. The van der Waals surface area contributed by atoms with Crippen molar-refractivity contribution in [1.82, 2.24) is 0 Å². The lowest BCUT2D eigenvalue weighted by Crippen LogP contribution is -2.26. The lowest BCUT2D eigenvalue weighted by Gasteiger charge is -2.18. The lowest BCUT2D eigenvalue weighted by molar-refractivity contribution is -0.187. The van der Waals surface area contributed by atoms with Crippen LogP contribution in [0.25, 0.3) is 0 Å². The smallest absolute Gasteiger partial charge is 0.311 e. The van der Waals surface area contributed by atoms with E-state index in [1.54, 1.807) is 6.92 Å². The molecule has 0 aliphatic heterocycles. The van der Waals surface area contributed by atoms with Crippen LogP contribution in [0.1, 0.15) is 105 Å². The van der Waals surface area contributed by atoms with Crippen molar-refractivity contribution in [2.75, 3.05) is 0 Å². The monoisotopic (exact) mass is 472 g/mol. The van der Waals surface area contributed by atoms with Crippen LogP contribution in [0.2, 0.25) is 0 Å². The van der Waals surface area contributed by atoms with Gasteiger partial charge >= 0.3 is 11.9 Å². The molecule has 0 N–H and O–H groups in total. The number of allylic oxidation sites excluding steroid dienone is 10. The Morgan fingerprint density at radius 2 is 1.15 bits per heavy atom. The predicted molar refractivity (Wildman–Crippen MR) is 143 cm³/mol. The molecule has 0 bridgehead atoms. The molecule has 0 aliphatic rings. The van der Waals surface area contributed by atoms with E-state index in [-0.39, 0.29) is 17.9 Å². The van der Waals surface area contributed by atoms with Crippen molar-refractivity contribution in [1.29, 1.82) is 0 Å². The van der Waals surface area contributed by atoms with E-state index in [2.05, 4.69) is 81.5 Å². The molecule has 192 valence electrons. The Bertz CT molecular complexity index is 649. The summed E-state index contributed by atoms with van der Waals surface area (Å²) in [6.07, 6.45) is 31.1. The maximum atomic E-state index is 12.2. The molecule has 4 nitrogen and oxygen atoms in total. The van der Waals surface area contributed by atoms with Gasteiger partial charge in [-0.25, -0.2) is 0 Å². The van der Waals surface area contributed by atoms with Crippen LogP contribution < -0.4 is 0 Å². The number of carbonyl (C=O) groups is 2. The van der Waals surface area contributed by atoms with Crippen molar-refractivity contribution in [3.8, 4) is 0 Å². The van der Waals surface area contributed by atoms with Gasteiger partial charge in [0.05, 0.1) is 5.92 Å². The van der Waals surface area contributed by atoms with Crippen molar-refractivity contribution in [2.45, 2.75) is 111 Å². The number of ether oxygens (including phenoxy) is 2. The summed E-state index contributed by atoms with van der Waals surface area (Å²) in [5.74, 6) is -0.690. The number of hydrogen-bond acceptors (Lipinski definition) is 4. The third kappa shape index (κ3) is 20.3. The molecular formula is C30H48O4. The van der Waals surface area contributed by atoms with E-state index in [0.717, 1.165) is 70.6 Å². The first-order valence-electron chi connectivity index (χ1n) is 13.2. The van der Waals surface area contributed by atoms with Gasteiger partial charge in [-0.15, -0.1) is 0 Å². The summed E-state index contributed by atoms with van der Waals surface area (Å²) < 4.78 is 10.5. The maximum Gasteiger partial charge on any atom is 0.311 e. The fourth-order valence-corrected chi connectivity index (χ4v) is 3.34. The first-order chi connectivity index (χ1) is 16.5. The molecule has 1 unspecified atom stereocenters. The molecule has 0 aromatic carbocycles. The zero-order chi connectivity index (χ0) is 25.3. The zero-order valence-electron chi connectivity index (χ0n) is 22.0. The SMILES string of the molecule is CC/C=C\C/C=C\C/C=C\C/C=C\C/C=C\CCCC(=O)OC(C)OC(=O)C(CCC)CCC. The number of rotatable bonds is 20. The minimum absolute atomic E-state index is 0.105. The summed E-state index contributed by atoms with van der Waals surface area (Å²) >= 11 is 0. The summed E-state index contributed by atoms with van der Waals surface area (Å²) in [5, 5.41) is 0. The summed E-state index contributed by atoms with van der Waals surface area (Å²) in [6, 6.07) is 0. The van der Waals surface area contributed by atoms with Crippen LogP contribution >= 0.6 is 0 Å². The normalized spacial score (nSPS) is 13.3. The highest BCUT2D eigenvalue weighted by Crippen LogP contribution is 2.16. The molecule has 4 heteroatoms. The van der Waals surface area contributed by atoms with Gasteiger partial charge in [0.1, 0.15) is 0 Å². The van der Waals surface area contributed by atoms with Crippen molar-refractivity contribution >= 4 is 11.9 Å². The fourth-order valence-electron chi connectivity index (χ4n) is 3.34. The minimum Gasteiger partial charge on any atom is -0.425 e. The van der Waals surface area contributed by atoms with Crippen molar-refractivity contribution in [3.05, 3.63) is 60.8 Å². The topological polar surface area (TPSA) is 52.6 Å². The highest BCUT2D eigenvalue weighted by Gasteiger charge is 2.21. The highest BCUT2D eigenvalue weighted by atomic mass is 16.7. The fraction of sp³-hybridized carbons (Fsp3) is 0.600. The number of carbonyl (C=O) groups excluding carboxylic acids is 2. The Hall–Kier alpha value is -2.36. The molecule has 34 heavy (non-hydrogen) atoms.